The number of hydrogen-bond acceptors (Lipinski definition) is 3. The number of hydrogen-bond donors (Lipinski definition) is 1. The first-order chi connectivity index (χ1) is 9.66. The van der Waals surface area contributed by atoms with Crippen molar-refractivity contribution < 1.29 is 4.79 Å². The second kappa shape index (κ2) is 4.90. The summed E-state index contributed by atoms with van der Waals surface area (Å²) in [6.07, 6.45) is 3.42. The highest BCUT2D eigenvalue weighted by Gasteiger charge is 2.31. The van der Waals surface area contributed by atoms with Crippen LogP contribution in [-0.4, -0.2) is 20.8 Å². The topological polar surface area (TPSA) is 50.2 Å². The predicted octanol–water partition coefficient (Wildman–Crippen LogP) is 1.68. The zero-order valence-corrected chi connectivity index (χ0v) is 11.6. The van der Waals surface area contributed by atoms with Gasteiger partial charge in [-0.1, -0.05) is 18.2 Å². The number of rotatable bonds is 2. The van der Waals surface area contributed by atoms with Gasteiger partial charge in [0, 0.05) is 13.2 Å². The number of nitrogens with zero attached hydrogens (tertiary/aromatic N) is 3. The fourth-order valence-corrected chi connectivity index (χ4v) is 2.32. The molecule has 6 heteroatoms. The minimum absolute atomic E-state index is 0.164. The van der Waals surface area contributed by atoms with E-state index in [1.165, 1.54) is 4.90 Å². The van der Waals surface area contributed by atoms with Crippen LogP contribution in [0.15, 0.2) is 48.3 Å². The lowest BCUT2D eigenvalue weighted by Gasteiger charge is -2.13. The van der Waals surface area contributed by atoms with E-state index in [4.69, 9.17) is 12.2 Å². The summed E-state index contributed by atoms with van der Waals surface area (Å²) < 4.78 is 1.69. The number of amides is 1. The molecule has 1 N–H and O–H groups in total. The van der Waals surface area contributed by atoms with E-state index in [1.807, 2.05) is 43.4 Å². The van der Waals surface area contributed by atoms with Gasteiger partial charge >= 0.3 is 0 Å². The number of thiocarbonyl (C=S) groups is 1. The SMILES string of the molecule is Cn1nccc1/C=C1/NC(=S)N(c2ccccc2)C1=O. The maximum Gasteiger partial charge on any atom is 0.281 e. The lowest BCUT2D eigenvalue weighted by atomic mass is 10.2. The van der Waals surface area contributed by atoms with Crippen LogP contribution in [-0.2, 0) is 11.8 Å². The molecular formula is C14H12N4OS. The monoisotopic (exact) mass is 284 g/mol. The van der Waals surface area contributed by atoms with Crippen LogP contribution < -0.4 is 10.2 Å². The van der Waals surface area contributed by atoms with Crippen molar-refractivity contribution in [3.8, 4) is 0 Å². The average molecular weight is 284 g/mol. The van der Waals surface area contributed by atoms with Crippen LogP contribution in [0.3, 0.4) is 0 Å². The van der Waals surface area contributed by atoms with E-state index >= 15 is 0 Å². The van der Waals surface area contributed by atoms with E-state index in [9.17, 15) is 4.79 Å². The first-order valence-electron chi connectivity index (χ1n) is 6.07. The van der Waals surface area contributed by atoms with Gasteiger partial charge in [0.1, 0.15) is 5.70 Å². The minimum Gasteiger partial charge on any atom is -0.327 e. The predicted molar refractivity (Wildman–Crippen MR) is 80.8 cm³/mol. The summed E-state index contributed by atoms with van der Waals surface area (Å²) in [7, 11) is 1.82. The van der Waals surface area contributed by atoms with Gasteiger partial charge in [-0.3, -0.25) is 14.4 Å². The summed E-state index contributed by atoms with van der Waals surface area (Å²) in [5.74, 6) is -0.164. The third-order valence-electron chi connectivity index (χ3n) is 3.04. The van der Waals surface area contributed by atoms with Gasteiger partial charge in [0.2, 0.25) is 0 Å². The minimum atomic E-state index is -0.164. The van der Waals surface area contributed by atoms with Gasteiger partial charge in [0.15, 0.2) is 5.11 Å². The molecule has 1 aromatic heterocycles. The molecule has 2 aromatic rings. The summed E-state index contributed by atoms with van der Waals surface area (Å²) in [5, 5.41) is 7.40. The first kappa shape index (κ1) is 12.6. The third-order valence-corrected chi connectivity index (χ3v) is 3.33. The van der Waals surface area contributed by atoms with Crippen molar-refractivity contribution in [3.63, 3.8) is 0 Å². The zero-order valence-electron chi connectivity index (χ0n) is 10.8. The third kappa shape index (κ3) is 2.10. The molecule has 1 aliphatic heterocycles. The van der Waals surface area contributed by atoms with Crippen molar-refractivity contribution in [2.45, 2.75) is 0 Å². The summed E-state index contributed by atoms with van der Waals surface area (Å²) in [6.45, 7) is 0. The van der Waals surface area contributed by atoms with Crippen LogP contribution in [0.25, 0.3) is 6.08 Å². The highest BCUT2D eigenvalue weighted by atomic mass is 32.1. The molecule has 100 valence electrons. The molecule has 1 aromatic carbocycles. The number of aromatic nitrogens is 2. The largest absolute Gasteiger partial charge is 0.327 e. The number of anilines is 1. The number of nitrogens with one attached hydrogen (secondary N) is 1. The van der Waals surface area contributed by atoms with E-state index in [2.05, 4.69) is 10.4 Å². The summed E-state index contributed by atoms with van der Waals surface area (Å²) >= 11 is 5.24. The number of carbonyl (C=O) groups is 1. The molecule has 20 heavy (non-hydrogen) atoms. The van der Waals surface area contributed by atoms with Crippen LogP contribution in [0.1, 0.15) is 5.69 Å². The van der Waals surface area contributed by atoms with Gasteiger partial charge in [-0.05, 0) is 36.5 Å². The highest BCUT2D eigenvalue weighted by molar-refractivity contribution is 7.80. The summed E-state index contributed by atoms with van der Waals surface area (Å²) in [6, 6.07) is 11.2. The molecular weight excluding hydrogens is 272 g/mol. The smallest absolute Gasteiger partial charge is 0.281 e. The normalized spacial score (nSPS) is 16.9. The van der Waals surface area contributed by atoms with Gasteiger partial charge < -0.3 is 5.32 Å². The van der Waals surface area contributed by atoms with Crippen LogP contribution >= 0.6 is 12.2 Å². The fourth-order valence-electron chi connectivity index (χ4n) is 2.02. The van der Waals surface area contributed by atoms with Gasteiger partial charge in [-0.15, -0.1) is 0 Å². The van der Waals surface area contributed by atoms with Crippen molar-refractivity contribution in [1.29, 1.82) is 0 Å². The van der Waals surface area contributed by atoms with Crippen LogP contribution in [0, 0.1) is 0 Å². The second-order valence-corrected chi connectivity index (χ2v) is 4.73. The summed E-state index contributed by atoms with van der Waals surface area (Å²) in [5.41, 5.74) is 2.03. The van der Waals surface area contributed by atoms with Gasteiger partial charge in [-0.2, -0.15) is 5.10 Å². The Labute approximate surface area is 121 Å². The van der Waals surface area contributed by atoms with Crippen molar-refractivity contribution in [3.05, 3.63) is 54.0 Å². The van der Waals surface area contributed by atoms with E-state index < -0.39 is 0 Å². The number of benzene rings is 1. The standard InChI is InChI=1S/C14H12N4OS/c1-17-11(7-8-15-17)9-12-13(19)18(14(20)16-12)10-5-3-2-4-6-10/h2-9H,1H3,(H,16,20)/b12-9+. The van der Waals surface area contributed by atoms with Crippen LogP contribution in [0.2, 0.25) is 0 Å². The molecule has 0 bridgehead atoms. The highest BCUT2D eigenvalue weighted by Crippen LogP contribution is 2.21. The van der Waals surface area contributed by atoms with E-state index in [0.29, 0.717) is 10.8 Å². The van der Waals surface area contributed by atoms with E-state index in [1.54, 1.807) is 17.0 Å². The first-order valence-corrected chi connectivity index (χ1v) is 6.48. The second-order valence-electron chi connectivity index (χ2n) is 4.34. The molecule has 0 saturated carbocycles. The number of carbonyl (C=O) groups excluding carboxylic acids is 1. The average Bonchev–Trinajstić information content (AvgIpc) is 2.96. The quantitative estimate of drug-likeness (QED) is 0.673. The Balaban J connectivity index is 1.95. The molecule has 0 radical (unpaired) electrons. The van der Waals surface area contributed by atoms with Crippen molar-refractivity contribution in [2.24, 2.45) is 7.05 Å². The lowest BCUT2D eigenvalue weighted by molar-refractivity contribution is -0.113. The van der Waals surface area contributed by atoms with Gasteiger partial charge in [0.25, 0.3) is 5.91 Å². The molecule has 5 nitrogen and oxygen atoms in total. The lowest BCUT2D eigenvalue weighted by Crippen LogP contribution is -2.30. The molecule has 2 heterocycles. The van der Waals surface area contributed by atoms with E-state index in [0.717, 1.165) is 11.4 Å². The van der Waals surface area contributed by atoms with Crippen molar-refractivity contribution >= 4 is 35.0 Å². The Kier molecular flexibility index (Phi) is 3.08. The summed E-state index contributed by atoms with van der Waals surface area (Å²) in [4.78, 5) is 13.9. The maximum atomic E-state index is 12.4. The van der Waals surface area contributed by atoms with E-state index in [-0.39, 0.29) is 5.91 Å². The Bertz CT molecular complexity index is 705. The molecule has 0 atom stereocenters. The van der Waals surface area contributed by atoms with Gasteiger partial charge in [-0.25, -0.2) is 0 Å². The maximum absolute atomic E-state index is 12.4. The Hall–Kier alpha value is -2.47. The molecule has 1 aliphatic rings. The zero-order chi connectivity index (χ0) is 14.1. The number of aryl methyl sites for hydroxylation is 1. The van der Waals surface area contributed by atoms with Crippen molar-refractivity contribution in [2.75, 3.05) is 4.90 Å². The Morgan fingerprint density at radius 1 is 1.25 bits per heavy atom. The molecule has 1 saturated heterocycles. The van der Waals surface area contributed by atoms with Crippen molar-refractivity contribution in [1.82, 2.24) is 15.1 Å². The molecule has 1 fully saturated rings. The van der Waals surface area contributed by atoms with Crippen LogP contribution in [0.5, 0.6) is 0 Å². The molecule has 0 unspecified atom stereocenters. The number of para-hydroxylation sites is 1. The molecule has 1 amide bonds. The molecule has 3 rings (SSSR count). The Morgan fingerprint density at radius 3 is 2.65 bits per heavy atom. The molecule has 0 aliphatic carbocycles. The molecule has 0 spiro atoms. The fraction of sp³-hybridized carbons (Fsp3) is 0.0714. The Morgan fingerprint density at radius 2 is 2.00 bits per heavy atom. The van der Waals surface area contributed by atoms with Gasteiger partial charge in [0.05, 0.1) is 11.4 Å². The van der Waals surface area contributed by atoms with Crippen LogP contribution in [0.4, 0.5) is 5.69 Å².